The van der Waals surface area contributed by atoms with Crippen molar-refractivity contribution in [2.45, 2.75) is 12.8 Å². The zero-order valence-electron chi connectivity index (χ0n) is 20.9. The molecule has 0 aromatic heterocycles. The average Bonchev–Trinajstić information content (AvgIpc) is 2.90. The molecule has 1 saturated heterocycles. The second-order valence-corrected chi connectivity index (χ2v) is 8.37. The van der Waals surface area contributed by atoms with Crippen molar-refractivity contribution in [3.05, 3.63) is 59.7 Å². The van der Waals surface area contributed by atoms with E-state index in [2.05, 4.69) is 10.2 Å². The van der Waals surface area contributed by atoms with Crippen LogP contribution in [0.1, 0.15) is 24.0 Å². The minimum Gasteiger partial charge on any atom is -0.504 e. The monoisotopic (exact) mass is 494 g/mol. The molecule has 0 saturated carbocycles. The van der Waals surface area contributed by atoms with E-state index in [0.29, 0.717) is 17.9 Å². The second kappa shape index (κ2) is 14.1. The topological polar surface area (TPSA) is 97.3 Å². The van der Waals surface area contributed by atoms with Crippen LogP contribution in [0.25, 0.3) is 12.2 Å². The Kier molecular flexibility index (Phi) is 10.5. The van der Waals surface area contributed by atoms with E-state index in [1.54, 1.807) is 24.3 Å². The van der Waals surface area contributed by atoms with Crippen LogP contribution in [0.15, 0.2) is 48.6 Å². The van der Waals surface area contributed by atoms with E-state index < -0.39 is 0 Å². The van der Waals surface area contributed by atoms with E-state index in [0.717, 1.165) is 56.3 Å². The maximum Gasteiger partial charge on any atom is 0.163 e. The Morgan fingerprint density at radius 3 is 2.31 bits per heavy atom. The van der Waals surface area contributed by atoms with Crippen molar-refractivity contribution >= 4 is 29.4 Å². The van der Waals surface area contributed by atoms with Gasteiger partial charge in [-0.05, 0) is 54.0 Å². The molecule has 0 bridgehead atoms. The van der Waals surface area contributed by atoms with Crippen LogP contribution in [0.5, 0.6) is 17.2 Å². The highest BCUT2D eigenvalue weighted by Gasteiger charge is 2.10. The number of ether oxygens (including phenoxy) is 3. The third kappa shape index (κ3) is 8.55. The molecule has 1 heterocycles. The van der Waals surface area contributed by atoms with Crippen LogP contribution in [-0.2, 0) is 14.3 Å². The Morgan fingerprint density at radius 2 is 1.67 bits per heavy atom. The van der Waals surface area contributed by atoms with Gasteiger partial charge in [0.05, 0.1) is 39.0 Å². The third-order valence-corrected chi connectivity index (χ3v) is 5.73. The van der Waals surface area contributed by atoms with E-state index in [4.69, 9.17) is 14.2 Å². The average molecular weight is 495 g/mol. The number of nitrogens with zero attached hydrogens (tertiary/aromatic N) is 1. The number of hydrogen-bond donors (Lipinski definition) is 2. The summed E-state index contributed by atoms with van der Waals surface area (Å²) in [6.45, 7) is 5.04. The van der Waals surface area contributed by atoms with E-state index >= 15 is 0 Å². The van der Waals surface area contributed by atoms with Gasteiger partial charge in [0, 0.05) is 26.7 Å². The first-order valence-electron chi connectivity index (χ1n) is 12.0. The van der Waals surface area contributed by atoms with Gasteiger partial charge < -0.3 is 24.6 Å². The van der Waals surface area contributed by atoms with E-state index in [-0.39, 0.29) is 23.7 Å². The molecule has 8 heteroatoms. The molecular formula is C28H34N2O6. The smallest absolute Gasteiger partial charge is 0.163 e. The van der Waals surface area contributed by atoms with Crippen LogP contribution in [0.4, 0.5) is 5.69 Å². The van der Waals surface area contributed by atoms with Crippen LogP contribution < -0.4 is 14.8 Å². The van der Waals surface area contributed by atoms with Crippen molar-refractivity contribution in [1.82, 2.24) is 4.90 Å². The largest absolute Gasteiger partial charge is 0.504 e. The molecular weight excluding hydrogens is 460 g/mol. The number of nitrogens with one attached hydrogen (secondary N) is 1. The SMILES string of the molecule is CNc1ccc(/C=C/C(=O)CC(=O)/C=C/c2ccc(O)c(OC)c2)cc1OCCCN1CCOCC1. The van der Waals surface area contributed by atoms with Crippen molar-refractivity contribution in [2.24, 2.45) is 0 Å². The fraction of sp³-hybridized carbons (Fsp3) is 0.357. The lowest BCUT2D eigenvalue weighted by Crippen LogP contribution is -2.37. The summed E-state index contributed by atoms with van der Waals surface area (Å²) in [6, 6.07) is 10.4. The zero-order chi connectivity index (χ0) is 25.8. The molecule has 1 aliphatic heterocycles. The molecule has 1 aliphatic rings. The van der Waals surface area contributed by atoms with Crippen molar-refractivity contribution < 1.29 is 28.9 Å². The van der Waals surface area contributed by atoms with Gasteiger partial charge in [0.25, 0.3) is 0 Å². The number of aromatic hydroxyl groups is 1. The van der Waals surface area contributed by atoms with E-state index in [9.17, 15) is 14.7 Å². The van der Waals surface area contributed by atoms with Crippen LogP contribution in [0, 0.1) is 0 Å². The Balaban J connectivity index is 1.50. The van der Waals surface area contributed by atoms with Gasteiger partial charge in [0.15, 0.2) is 23.1 Å². The summed E-state index contributed by atoms with van der Waals surface area (Å²) in [5.41, 5.74) is 2.36. The standard InChI is InChI=1S/C28H34N2O6/c1-29-25-10-6-21(18-27(25)36-15-3-12-30-13-16-35-17-14-30)4-8-23(31)20-24(32)9-5-22-7-11-26(33)28(19-22)34-2/h4-11,18-19,29,33H,3,12-17,20H2,1-2H3/b8-4+,9-5+. The maximum absolute atomic E-state index is 12.3. The minimum absolute atomic E-state index is 0.0191. The molecule has 2 N–H and O–H groups in total. The molecule has 0 aliphatic carbocycles. The lowest BCUT2D eigenvalue weighted by atomic mass is 10.1. The van der Waals surface area contributed by atoms with Crippen LogP contribution in [-0.4, -0.2) is 75.2 Å². The number of rotatable bonds is 13. The molecule has 3 rings (SSSR count). The third-order valence-electron chi connectivity index (χ3n) is 5.73. The molecule has 0 radical (unpaired) electrons. The zero-order valence-corrected chi connectivity index (χ0v) is 20.9. The summed E-state index contributed by atoms with van der Waals surface area (Å²) in [5, 5.41) is 12.8. The summed E-state index contributed by atoms with van der Waals surface area (Å²) in [7, 11) is 3.29. The normalized spacial score (nSPS) is 14.3. The highest BCUT2D eigenvalue weighted by atomic mass is 16.5. The number of phenolic OH excluding ortho intramolecular Hbond substituents is 1. The number of ketones is 2. The van der Waals surface area contributed by atoms with E-state index in [1.807, 2.05) is 25.2 Å². The Labute approximate surface area is 212 Å². The van der Waals surface area contributed by atoms with Crippen LogP contribution in [0.2, 0.25) is 0 Å². The van der Waals surface area contributed by atoms with Crippen molar-refractivity contribution in [2.75, 3.05) is 58.9 Å². The molecule has 192 valence electrons. The quantitative estimate of drug-likeness (QED) is 0.247. The molecule has 0 atom stereocenters. The first-order valence-corrected chi connectivity index (χ1v) is 12.0. The Hall–Kier alpha value is -3.62. The summed E-state index contributed by atoms with van der Waals surface area (Å²) in [6.07, 6.45) is 6.70. The van der Waals surface area contributed by atoms with Crippen molar-refractivity contribution in [1.29, 1.82) is 0 Å². The lowest BCUT2D eigenvalue weighted by Gasteiger charge is -2.26. The van der Waals surface area contributed by atoms with Crippen molar-refractivity contribution in [3.8, 4) is 17.2 Å². The molecule has 1 fully saturated rings. The predicted octanol–water partition coefficient (Wildman–Crippen LogP) is 3.80. The molecule has 8 nitrogen and oxygen atoms in total. The highest BCUT2D eigenvalue weighted by molar-refractivity contribution is 6.10. The van der Waals surface area contributed by atoms with Crippen molar-refractivity contribution in [3.63, 3.8) is 0 Å². The summed E-state index contributed by atoms with van der Waals surface area (Å²) >= 11 is 0. The Bertz CT molecular complexity index is 1090. The van der Waals surface area contributed by atoms with Gasteiger partial charge in [-0.3, -0.25) is 14.5 Å². The van der Waals surface area contributed by atoms with Gasteiger partial charge in [0.1, 0.15) is 5.75 Å². The van der Waals surface area contributed by atoms with Gasteiger partial charge in [0.2, 0.25) is 0 Å². The van der Waals surface area contributed by atoms with Gasteiger partial charge in [-0.25, -0.2) is 0 Å². The molecule has 0 amide bonds. The lowest BCUT2D eigenvalue weighted by molar-refractivity contribution is -0.121. The van der Waals surface area contributed by atoms with Gasteiger partial charge in [-0.15, -0.1) is 0 Å². The second-order valence-electron chi connectivity index (χ2n) is 8.37. The predicted molar refractivity (Wildman–Crippen MR) is 141 cm³/mol. The maximum atomic E-state index is 12.3. The molecule has 0 unspecified atom stereocenters. The number of anilines is 1. The van der Waals surface area contributed by atoms with Gasteiger partial charge >= 0.3 is 0 Å². The van der Waals surface area contributed by atoms with Gasteiger partial charge in [-0.1, -0.05) is 24.3 Å². The van der Waals surface area contributed by atoms with Gasteiger partial charge in [-0.2, -0.15) is 0 Å². The molecule has 36 heavy (non-hydrogen) atoms. The number of allylic oxidation sites excluding steroid dienone is 2. The number of carbonyl (C=O) groups excluding carboxylic acids is 2. The van der Waals surface area contributed by atoms with Crippen LogP contribution >= 0.6 is 0 Å². The Morgan fingerprint density at radius 1 is 1.03 bits per heavy atom. The first-order chi connectivity index (χ1) is 17.5. The number of methoxy groups -OCH3 is 1. The number of morpholine rings is 1. The fourth-order valence-electron chi connectivity index (χ4n) is 3.73. The molecule has 2 aromatic rings. The molecule has 0 spiro atoms. The number of carbonyl (C=O) groups is 2. The number of benzene rings is 2. The summed E-state index contributed by atoms with van der Waals surface area (Å²) in [5.74, 6) is 0.446. The van der Waals surface area contributed by atoms with E-state index in [1.165, 1.54) is 25.3 Å². The highest BCUT2D eigenvalue weighted by Crippen LogP contribution is 2.27. The molecule has 2 aromatic carbocycles. The first kappa shape index (κ1) is 27.0. The minimum atomic E-state index is -0.313. The summed E-state index contributed by atoms with van der Waals surface area (Å²) < 4.78 is 16.4. The summed E-state index contributed by atoms with van der Waals surface area (Å²) in [4.78, 5) is 26.9. The van der Waals surface area contributed by atoms with Crippen LogP contribution in [0.3, 0.4) is 0 Å². The number of phenols is 1. The number of hydrogen-bond acceptors (Lipinski definition) is 8. The fourth-order valence-corrected chi connectivity index (χ4v) is 3.73.